The predicted octanol–water partition coefficient (Wildman–Crippen LogP) is 3.47. The van der Waals surface area contributed by atoms with Gasteiger partial charge < -0.3 is 9.64 Å². The Morgan fingerprint density at radius 1 is 1.00 bits per heavy atom. The third kappa shape index (κ3) is 2.03. The molecule has 132 valence electrons. The van der Waals surface area contributed by atoms with Gasteiger partial charge in [-0.2, -0.15) is 0 Å². The molecular formula is C21H20N2O3. The van der Waals surface area contributed by atoms with Crippen molar-refractivity contribution in [2.75, 3.05) is 11.5 Å². The molecule has 0 radical (unpaired) electrons. The van der Waals surface area contributed by atoms with Crippen molar-refractivity contribution in [2.24, 2.45) is 0 Å². The zero-order valence-corrected chi connectivity index (χ0v) is 14.5. The van der Waals surface area contributed by atoms with Gasteiger partial charge in [-0.25, -0.2) is 4.79 Å². The molecule has 26 heavy (non-hydrogen) atoms. The van der Waals surface area contributed by atoms with Gasteiger partial charge in [-0.3, -0.25) is 9.69 Å². The SMILES string of the molecule is CC1C[C@@H]2[C@H](N3C(=O)OC[C@@H]3c3ccccc3)C(=O)N2c2ccccc21. The number of hydrogen-bond donors (Lipinski definition) is 0. The van der Waals surface area contributed by atoms with Crippen LogP contribution in [0.5, 0.6) is 0 Å². The van der Waals surface area contributed by atoms with E-state index in [0.29, 0.717) is 12.5 Å². The fraction of sp³-hybridized carbons (Fsp3) is 0.333. The summed E-state index contributed by atoms with van der Waals surface area (Å²) in [6.45, 7) is 2.48. The summed E-state index contributed by atoms with van der Waals surface area (Å²) in [5.41, 5.74) is 3.20. The Morgan fingerprint density at radius 2 is 1.73 bits per heavy atom. The van der Waals surface area contributed by atoms with E-state index in [1.165, 1.54) is 5.56 Å². The molecule has 5 nitrogen and oxygen atoms in total. The van der Waals surface area contributed by atoms with E-state index in [2.05, 4.69) is 13.0 Å². The van der Waals surface area contributed by atoms with E-state index >= 15 is 0 Å². The second-order valence-corrected chi connectivity index (χ2v) is 7.33. The highest BCUT2D eigenvalue weighted by Gasteiger charge is 2.58. The van der Waals surface area contributed by atoms with E-state index < -0.39 is 6.04 Å². The number of carbonyl (C=O) groups excluding carboxylic acids is 2. The molecule has 2 amide bonds. The number of fused-ring (bicyclic) bond motifs is 3. The maximum atomic E-state index is 13.1. The normalized spacial score (nSPS) is 29.7. The summed E-state index contributed by atoms with van der Waals surface area (Å²) in [5.74, 6) is 0.353. The lowest BCUT2D eigenvalue weighted by Gasteiger charge is -2.54. The van der Waals surface area contributed by atoms with Gasteiger partial charge in [0.1, 0.15) is 12.6 Å². The molecule has 3 aliphatic heterocycles. The van der Waals surface area contributed by atoms with Crippen molar-refractivity contribution in [1.82, 2.24) is 4.90 Å². The summed E-state index contributed by atoms with van der Waals surface area (Å²) in [6, 6.07) is 17.3. The first-order valence-electron chi connectivity index (χ1n) is 9.09. The average Bonchev–Trinajstić information content (AvgIpc) is 3.03. The number of carbonyl (C=O) groups is 2. The quantitative estimate of drug-likeness (QED) is 0.781. The van der Waals surface area contributed by atoms with Crippen molar-refractivity contribution in [1.29, 1.82) is 0 Å². The number of ether oxygens (including phenoxy) is 1. The first-order chi connectivity index (χ1) is 12.7. The van der Waals surface area contributed by atoms with Gasteiger partial charge in [0.15, 0.2) is 0 Å². The van der Waals surface area contributed by atoms with Gasteiger partial charge in [-0.15, -0.1) is 0 Å². The van der Waals surface area contributed by atoms with Crippen molar-refractivity contribution in [3.63, 3.8) is 0 Å². The molecule has 0 bridgehead atoms. The third-order valence-electron chi connectivity index (χ3n) is 5.90. The van der Waals surface area contributed by atoms with Crippen molar-refractivity contribution < 1.29 is 14.3 Å². The van der Waals surface area contributed by atoms with Crippen LogP contribution in [0.1, 0.15) is 36.4 Å². The second kappa shape index (κ2) is 5.59. The van der Waals surface area contributed by atoms with Crippen molar-refractivity contribution in [3.8, 4) is 0 Å². The summed E-state index contributed by atoms with van der Waals surface area (Å²) in [5, 5.41) is 0. The van der Waals surface area contributed by atoms with Crippen LogP contribution >= 0.6 is 0 Å². The highest BCUT2D eigenvalue weighted by molar-refractivity contribution is 6.08. The Balaban J connectivity index is 1.50. The highest BCUT2D eigenvalue weighted by atomic mass is 16.6. The van der Waals surface area contributed by atoms with Crippen molar-refractivity contribution in [3.05, 3.63) is 65.7 Å². The molecule has 0 saturated carbocycles. The number of β-lactam (4-membered cyclic amide) rings is 1. The fourth-order valence-corrected chi connectivity index (χ4v) is 4.65. The third-order valence-corrected chi connectivity index (χ3v) is 5.90. The average molecular weight is 348 g/mol. The van der Waals surface area contributed by atoms with Crippen LogP contribution in [0.25, 0.3) is 0 Å². The summed E-state index contributed by atoms with van der Waals surface area (Å²) in [4.78, 5) is 29.1. The minimum absolute atomic E-state index is 0.00543. The van der Waals surface area contributed by atoms with E-state index in [4.69, 9.17) is 4.74 Å². The number of para-hydroxylation sites is 1. The monoisotopic (exact) mass is 348 g/mol. The van der Waals surface area contributed by atoms with Crippen molar-refractivity contribution in [2.45, 2.75) is 37.4 Å². The highest BCUT2D eigenvalue weighted by Crippen LogP contribution is 2.47. The number of amides is 2. The van der Waals surface area contributed by atoms with Crippen LogP contribution in [0, 0.1) is 0 Å². The Kier molecular flexibility index (Phi) is 3.32. The fourth-order valence-electron chi connectivity index (χ4n) is 4.65. The lowest BCUT2D eigenvalue weighted by Crippen LogP contribution is -2.72. The van der Waals surface area contributed by atoms with Crippen molar-refractivity contribution >= 4 is 17.7 Å². The van der Waals surface area contributed by atoms with Gasteiger partial charge in [0.25, 0.3) is 5.91 Å². The molecule has 2 aromatic rings. The molecule has 3 heterocycles. The lowest BCUT2D eigenvalue weighted by molar-refractivity contribution is -0.132. The van der Waals surface area contributed by atoms with Crippen LogP contribution in [0.4, 0.5) is 10.5 Å². The molecule has 0 spiro atoms. The van der Waals surface area contributed by atoms with E-state index in [-0.39, 0.29) is 24.1 Å². The predicted molar refractivity (Wildman–Crippen MR) is 96.9 cm³/mol. The summed E-state index contributed by atoms with van der Waals surface area (Å²) in [6.07, 6.45) is 0.474. The zero-order valence-electron chi connectivity index (χ0n) is 14.5. The maximum absolute atomic E-state index is 13.1. The molecule has 5 heteroatoms. The Labute approximate surface area is 152 Å². The molecular weight excluding hydrogens is 328 g/mol. The van der Waals surface area contributed by atoms with E-state index in [1.807, 2.05) is 53.4 Å². The number of hydrogen-bond acceptors (Lipinski definition) is 3. The Hall–Kier alpha value is -2.82. The lowest BCUT2D eigenvalue weighted by atomic mass is 9.77. The molecule has 3 aliphatic rings. The molecule has 0 aromatic heterocycles. The van der Waals surface area contributed by atoms with Crippen LogP contribution in [-0.2, 0) is 9.53 Å². The minimum Gasteiger partial charge on any atom is -0.447 e. The summed E-state index contributed by atoms with van der Waals surface area (Å²) >= 11 is 0. The van der Waals surface area contributed by atoms with Gasteiger partial charge in [0.05, 0.1) is 12.1 Å². The smallest absolute Gasteiger partial charge is 0.411 e. The van der Waals surface area contributed by atoms with E-state index in [1.54, 1.807) is 4.90 Å². The second-order valence-electron chi connectivity index (χ2n) is 7.33. The number of benzene rings is 2. The maximum Gasteiger partial charge on any atom is 0.411 e. The van der Waals surface area contributed by atoms with Gasteiger partial charge >= 0.3 is 6.09 Å². The van der Waals surface area contributed by atoms with E-state index in [9.17, 15) is 9.59 Å². The largest absolute Gasteiger partial charge is 0.447 e. The summed E-state index contributed by atoms with van der Waals surface area (Å²) < 4.78 is 5.33. The molecule has 0 N–H and O–H groups in total. The van der Waals surface area contributed by atoms with Crippen LogP contribution in [0.15, 0.2) is 54.6 Å². The number of rotatable bonds is 2. The molecule has 0 aliphatic carbocycles. The summed E-state index contributed by atoms with van der Waals surface area (Å²) in [7, 11) is 0. The Morgan fingerprint density at radius 3 is 2.54 bits per heavy atom. The van der Waals surface area contributed by atoms with Gasteiger partial charge in [-0.1, -0.05) is 55.5 Å². The first-order valence-corrected chi connectivity index (χ1v) is 9.09. The van der Waals surface area contributed by atoms with E-state index in [0.717, 1.165) is 17.7 Å². The van der Waals surface area contributed by atoms with Gasteiger partial charge in [-0.05, 0) is 29.5 Å². The van der Waals surface area contributed by atoms with Crippen LogP contribution in [0.3, 0.4) is 0 Å². The topological polar surface area (TPSA) is 49.9 Å². The standard InChI is InChI=1S/C21H20N2O3/c1-13-11-17-19(20(24)22(17)16-10-6-5-9-15(13)16)23-18(12-26-21(23)25)14-7-3-2-4-8-14/h2-10,13,17-19H,11-12H2,1H3/t13?,17-,18-,19+/m1/s1. The van der Waals surface area contributed by atoms with Crippen LogP contribution in [0.2, 0.25) is 0 Å². The van der Waals surface area contributed by atoms with Crippen LogP contribution in [-0.4, -0.2) is 35.6 Å². The van der Waals surface area contributed by atoms with Crippen LogP contribution < -0.4 is 4.90 Å². The Bertz CT molecular complexity index is 882. The van der Waals surface area contributed by atoms with Gasteiger partial charge in [0, 0.05) is 5.69 Å². The first kappa shape index (κ1) is 15.4. The number of cyclic esters (lactones) is 1. The molecule has 2 aromatic carbocycles. The number of nitrogens with zero attached hydrogens (tertiary/aromatic N) is 2. The molecule has 5 rings (SSSR count). The molecule has 4 atom stereocenters. The van der Waals surface area contributed by atoms with Gasteiger partial charge in [0.2, 0.25) is 0 Å². The number of anilines is 1. The molecule has 2 saturated heterocycles. The molecule has 2 fully saturated rings. The minimum atomic E-state index is -0.439. The molecule has 1 unspecified atom stereocenters. The zero-order chi connectivity index (χ0) is 17.8.